The Kier molecular flexibility index (Phi) is 7.90. The van der Waals surface area contributed by atoms with Gasteiger partial charge in [-0.1, -0.05) is 0 Å². The minimum absolute atomic E-state index is 0. The van der Waals surface area contributed by atoms with Crippen molar-refractivity contribution in [1.29, 1.82) is 0 Å². The maximum Gasteiger partial charge on any atom is -1.00 e. The second-order valence-electron chi connectivity index (χ2n) is 9.17. The Hall–Kier alpha value is -2.26. The average Bonchev–Trinajstić information content (AvgIpc) is 3.61. The van der Waals surface area contributed by atoms with Crippen LogP contribution in [0.4, 0.5) is 0 Å². The number of aromatic nitrogens is 8. The Morgan fingerprint density at radius 3 is 1.53 bits per heavy atom. The van der Waals surface area contributed by atoms with Crippen molar-refractivity contribution in [3.05, 3.63) is 82.5 Å². The van der Waals surface area contributed by atoms with Gasteiger partial charge < -0.3 is 24.8 Å². The van der Waals surface area contributed by atoms with E-state index in [4.69, 9.17) is 0 Å². The molecule has 0 amide bonds. The number of hydrogen-bond donors (Lipinski definition) is 0. The summed E-state index contributed by atoms with van der Waals surface area (Å²) in [4.78, 5) is 0. The van der Waals surface area contributed by atoms with Gasteiger partial charge in [0.05, 0.1) is 0 Å². The van der Waals surface area contributed by atoms with E-state index in [0.29, 0.717) is 7.25 Å². The van der Waals surface area contributed by atoms with Crippen LogP contribution in [0.2, 0.25) is 13.1 Å². The summed E-state index contributed by atoms with van der Waals surface area (Å²) >= 11 is -2.13. The Bertz CT molecular complexity index is 1400. The SMILES string of the molecule is CC1=Cc2c(cccc2-n2cnnn2)[C@@H]1[Zr+2]([C@H]1C(C)=Cc2c1cccc2-n1cnnn1)=[Si](C)C.[Cl-].[Cl-]. The van der Waals surface area contributed by atoms with Gasteiger partial charge in [0, 0.05) is 0 Å². The summed E-state index contributed by atoms with van der Waals surface area (Å²) in [7, 11) is 0. The molecule has 0 saturated heterocycles. The van der Waals surface area contributed by atoms with Crippen LogP contribution in [0.3, 0.4) is 0 Å². The fourth-order valence-electron chi connectivity index (χ4n) is 5.58. The summed E-state index contributed by atoms with van der Waals surface area (Å²) in [5, 5.41) is 23.8. The van der Waals surface area contributed by atoms with Gasteiger partial charge in [0.25, 0.3) is 0 Å². The summed E-state index contributed by atoms with van der Waals surface area (Å²) in [5.74, 6) is 0. The molecule has 0 bridgehead atoms. The average molecular weight is 615 g/mol. The molecule has 2 aromatic heterocycles. The number of nitrogens with zero attached hydrogens (tertiary/aromatic N) is 8. The molecular formula is C24H24Cl2N8SiZr. The van der Waals surface area contributed by atoms with E-state index in [-0.39, 0.29) is 24.8 Å². The predicted octanol–water partition coefficient (Wildman–Crippen LogP) is -1.87. The minimum atomic E-state index is -2.13. The van der Waals surface area contributed by atoms with Crippen molar-refractivity contribution >= 4 is 17.6 Å². The second-order valence-corrected chi connectivity index (χ2v) is 27.0. The first kappa shape index (κ1) is 26.8. The molecule has 4 aromatic rings. The molecule has 0 fully saturated rings. The van der Waals surface area contributed by atoms with Gasteiger partial charge in [-0.2, -0.15) is 0 Å². The molecule has 2 heterocycles. The third kappa shape index (κ3) is 4.28. The third-order valence-corrected chi connectivity index (χ3v) is 26.8. The standard InChI is InChI=1S/2C11H9N4.C2H6Si.2ClH.Zr/c2*1-8-5-9-3-2-4-11(10(9)6-8)15-7-12-13-14-15;1-3-2;;;/h2*2-7H,1H3;1-2H3;2*1H;/q;;;;;+2/p-2. The van der Waals surface area contributed by atoms with Crippen molar-refractivity contribution in [2.75, 3.05) is 0 Å². The number of halogens is 2. The number of rotatable bonds is 4. The predicted molar refractivity (Wildman–Crippen MR) is 129 cm³/mol. The van der Waals surface area contributed by atoms with Gasteiger partial charge in [-0.05, 0) is 0 Å². The zero-order valence-electron chi connectivity index (χ0n) is 20.3. The summed E-state index contributed by atoms with van der Waals surface area (Å²) in [6, 6.07) is 13.2. The monoisotopic (exact) mass is 612 g/mol. The van der Waals surface area contributed by atoms with Gasteiger partial charge in [0.2, 0.25) is 0 Å². The molecule has 0 saturated carbocycles. The maximum absolute atomic E-state index is 4.17. The summed E-state index contributed by atoms with van der Waals surface area (Å²) in [6.45, 7) is 9.72. The first-order valence-corrected chi connectivity index (χ1v) is 20.3. The van der Waals surface area contributed by atoms with Crippen LogP contribution >= 0.6 is 0 Å². The zero-order chi connectivity index (χ0) is 23.4. The maximum atomic E-state index is 4.17. The largest absolute Gasteiger partial charge is 1.00 e. The van der Waals surface area contributed by atoms with Crippen LogP contribution in [0.1, 0.15) is 43.4 Å². The summed E-state index contributed by atoms with van der Waals surface area (Å²) in [6.07, 6.45) is 8.13. The van der Waals surface area contributed by atoms with Gasteiger partial charge >= 0.3 is 206 Å². The van der Waals surface area contributed by atoms with Crippen molar-refractivity contribution in [3.63, 3.8) is 0 Å². The number of fused-ring (bicyclic) bond motifs is 2. The van der Waals surface area contributed by atoms with E-state index in [1.165, 1.54) is 33.4 Å². The fourth-order valence-corrected chi connectivity index (χ4v) is 26.3. The van der Waals surface area contributed by atoms with Gasteiger partial charge in [0.1, 0.15) is 0 Å². The molecule has 12 heteroatoms. The number of allylic oxidation sites excluding steroid dienone is 2. The smallest absolute Gasteiger partial charge is 1.00 e. The molecule has 2 aliphatic carbocycles. The van der Waals surface area contributed by atoms with Crippen LogP contribution in [-0.2, 0) is 20.4 Å². The van der Waals surface area contributed by atoms with E-state index >= 15 is 0 Å². The van der Waals surface area contributed by atoms with Crippen molar-refractivity contribution in [2.45, 2.75) is 34.2 Å². The number of tetrazole rings is 2. The second kappa shape index (κ2) is 10.6. The molecule has 6 rings (SSSR count). The molecule has 0 radical (unpaired) electrons. The van der Waals surface area contributed by atoms with Gasteiger partial charge in [-0.15, -0.1) is 0 Å². The zero-order valence-corrected chi connectivity index (χ0v) is 25.2. The van der Waals surface area contributed by atoms with Gasteiger partial charge in [-0.3, -0.25) is 0 Å². The summed E-state index contributed by atoms with van der Waals surface area (Å²) < 4.78 is 4.67. The van der Waals surface area contributed by atoms with Crippen LogP contribution < -0.4 is 24.8 Å². The normalized spacial score (nSPS) is 17.1. The first-order chi connectivity index (χ1) is 16.5. The van der Waals surface area contributed by atoms with Crippen LogP contribution in [0.5, 0.6) is 0 Å². The quantitative estimate of drug-likeness (QED) is 0.251. The first-order valence-electron chi connectivity index (χ1n) is 11.3. The Morgan fingerprint density at radius 2 is 1.17 bits per heavy atom. The third-order valence-electron chi connectivity index (χ3n) is 6.90. The molecule has 0 N–H and O–H groups in total. The van der Waals surface area contributed by atoms with Crippen molar-refractivity contribution in [1.82, 2.24) is 40.4 Å². The molecule has 0 aliphatic heterocycles. The van der Waals surface area contributed by atoms with Crippen LogP contribution in [0.15, 0.2) is 60.2 Å². The van der Waals surface area contributed by atoms with Gasteiger partial charge in [0.15, 0.2) is 0 Å². The minimum Gasteiger partial charge on any atom is -1.00 e. The Labute approximate surface area is 229 Å². The number of hydrogen-bond acceptors (Lipinski definition) is 6. The van der Waals surface area contributed by atoms with E-state index < -0.39 is 25.8 Å². The number of benzene rings is 2. The van der Waals surface area contributed by atoms with E-state index in [0.717, 1.165) is 11.4 Å². The molecule has 2 aliphatic rings. The van der Waals surface area contributed by atoms with Crippen molar-refractivity contribution < 1.29 is 45.2 Å². The molecule has 36 heavy (non-hydrogen) atoms. The van der Waals surface area contributed by atoms with Crippen LogP contribution in [0.25, 0.3) is 23.5 Å². The van der Waals surface area contributed by atoms with E-state index in [2.05, 4.69) is 107 Å². The van der Waals surface area contributed by atoms with E-state index in [1.54, 1.807) is 22.0 Å². The van der Waals surface area contributed by atoms with Crippen LogP contribution in [-0.4, -0.2) is 45.8 Å². The van der Waals surface area contributed by atoms with E-state index in [9.17, 15) is 0 Å². The van der Waals surface area contributed by atoms with Crippen LogP contribution in [0, 0.1) is 0 Å². The molecule has 182 valence electrons. The molecular weight excluding hydrogens is 591 g/mol. The van der Waals surface area contributed by atoms with Crippen molar-refractivity contribution in [3.8, 4) is 11.4 Å². The van der Waals surface area contributed by atoms with E-state index in [1.807, 2.05) is 0 Å². The summed E-state index contributed by atoms with van der Waals surface area (Å²) in [5.41, 5.74) is 10.1. The molecule has 0 spiro atoms. The van der Waals surface area contributed by atoms with Gasteiger partial charge in [-0.25, -0.2) is 0 Å². The van der Waals surface area contributed by atoms with Crippen molar-refractivity contribution in [2.24, 2.45) is 0 Å². The Balaban J connectivity index is 0.00000152. The topological polar surface area (TPSA) is 87.2 Å². The fraction of sp³-hybridized carbons (Fsp3) is 0.250. The molecule has 8 nitrogen and oxygen atoms in total. The Morgan fingerprint density at radius 1 is 0.722 bits per heavy atom. The molecule has 2 aromatic carbocycles. The molecule has 2 atom stereocenters. The molecule has 0 unspecified atom stereocenters.